The first-order valence-corrected chi connectivity index (χ1v) is 4.46. The molecule has 0 heterocycles. The van der Waals surface area contributed by atoms with Gasteiger partial charge in [0.25, 0.3) is 0 Å². The second-order valence-electron chi connectivity index (χ2n) is 3.00. The molecule has 0 aliphatic rings. The highest BCUT2D eigenvalue weighted by atomic mass is 16.5. The highest BCUT2D eigenvalue weighted by Crippen LogP contribution is 2.20. The van der Waals surface area contributed by atoms with Crippen molar-refractivity contribution in [1.82, 2.24) is 0 Å². The number of aryl methyl sites for hydroxylation is 1. The summed E-state index contributed by atoms with van der Waals surface area (Å²) in [7, 11) is 1.25. The fourth-order valence-corrected chi connectivity index (χ4v) is 1.21. The number of esters is 1. The number of ether oxygens (including phenoxy) is 1. The second-order valence-corrected chi connectivity index (χ2v) is 3.00. The van der Waals surface area contributed by atoms with E-state index in [9.17, 15) is 9.90 Å². The van der Waals surface area contributed by atoms with Crippen LogP contribution in [0.4, 0.5) is 0 Å². The van der Waals surface area contributed by atoms with Crippen LogP contribution in [0.5, 0.6) is 5.75 Å². The van der Waals surface area contributed by atoms with Gasteiger partial charge in [-0.15, -0.1) is 0 Å². The number of carbonyl (C=O) groups excluding carboxylic acids is 1. The zero-order chi connectivity index (χ0) is 11.3. The van der Waals surface area contributed by atoms with Crippen LogP contribution in [0.2, 0.25) is 0 Å². The minimum absolute atomic E-state index is 0.109. The first-order chi connectivity index (χ1) is 7.19. The molecule has 1 aromatic carbocycles. The lowest BCUT2D eigenvalue weighted by atomic mass is 10.1. The van der Waals surface area contributed by atoms with Crippen molar-refractivity contribution >= 4 is 5.97 Å². The summed E-state index contributed by atoms with van der Waals surface area (Å²) in [5.74, 6) is -0.686. The monoisotopic (exact) mass is 205 g/mol. The molecule has 0 saturated heterocycles. The quantitative estimate of drug-likeness (QED) is 0.761. The zero-order valence-electron chi connectivity index (χ0n) is 8.36. The highest BCUT2D eigenvalue weighted by molar-refractivity contribution is 5.92. The average molecular weight is 205 g/mol. The molecular formula is C11H11NO3. The topological polar surface area (TPSA) is 70.3 Å². The summed E-state index contributed by atoms with van der Waals surface area (Å²) in [6, 6.07) is 6.66. The van der Waals surface area contributed by atoms with Crippen LogP contribution in [-0.4, -0.2) is 18.2 Å². The van der Waals surface area contributed by atoms with Crippen LogP contribution in [0.3, 0.4) is 0 Å². The van der Waals surface area contributed by atoms with Crippen molar-refractivity contribution in [2.24, 2.45) is 0 Å². The third-order valence-electron chi connectivity index (χ3n) is 1.99. The lowest BCUT2D eigenvalue weighted by Crippen LogP contribution is -2.02. The third-order valence-corrected chi connectivity index (χ3v) is 1.99. The highest BCUT2D eigenvalue weighted by Gasteiger charge is 2.11. The normalized spacial score (nSPS) is 9.33. The standard InChI is InChI=1S/C11H11NO3/c1-15-11(14)9-7-8(3-2-6-12)4-5-10(9)13/h4-5,7,13H,2-3H2,1H3. The SMILES string of the molecule is COC(=O)c1cc(CCC#N)ccc1O. The van der Waals surface area contributed by atoms with Gasteiger partial charge in [0, 0.05) is 6.42 Å². The fraction of sp³-hybridized carbons (Fsp3) is 0.273. The van der Waals surface area contributed by atoms with Crippen molar-refractivity contribution in [1.29, 1.82) is 5.26 Å². The Balaban J connectivity index is 2.96. The maximum absolute atomic E-state index is 11.2. The summed E-state index contributed by atoms with van der Waals surface area (Å²) in [4.78, 5) is 11.2. The van der Waals surface area contributed by atoms with E-state index in [0.29, 0.717) is 12.8 Å². The molecule has 0 bridgehead atoms. The predicted octanol–water partition coefficient (Wildman–Crippen LogP) is 1.63. The van der Waals surface area contributed by atoms with Gasteiger partial charge in [0.05, 0.1) is 13.2 Å². The van der Waals surface area contributed by atoms with Gasteiger partial charge in [-0.05, 0) is 24.1 Å². The molecule has 0 saturated carbocycles. The van der Waals surface area contributed by atoms with Gasteiger partial charge < -0.3 is 9.84 Å². The molecule has 0 amide bonds. The minimum atomic E-state index is -0.577. The summed E-state index contributed by atoms with van der Waals surface area (Å²) in [5, 5.41) is 17.8. The molecule has 78 valence electrons. The molecule has 1 rings (SSSR count). The Hall–Kier alpha value is -2.02. The Labute approximate surface area is 87.7 Å². The van der Waals surface area contributed by atoms with Gasteiger partial charge in [-0.2, -0.15) is 5.26 Å². The van der Waals surface area contributed by atoms with Crippen molar-refractivity contribution in [3.63, 3.8) is 0 Å². The van der Waals surface area contributed by atoms with Gasteiger partial charge in [-0.1, -0.05) is 6.07 Å². The summed E-state index contributed by atoms with van der Waals surface area (Å²) in [6.45, 7) is 0. The molecule has 0 aliphatic carbocycles. The lowest BCUT2D eigenvalue weighted by molar-refractivity contribution is 0.0597. The maximum atomic E-state index is 11.2. The fourth-order valence-electron chi connectivity index (χ4n) is 1.21. The number of nitrogens with zero attached hydrogens (tertiary/aromatic N) is 1. The van der Waals surface area contributed by atoms with Crippen LogP contribution in [0, 0.1) is 11.3 Å². The van der Waals surface area contributed by atoms with Gasteiger partial charge in [0.2, 0.25) is 0 Å². The lowest BCUT2D eigenvalue weighted by Gasteiger charge is -2.04. The van der Waals surface area contributed by atoms with Crippen molar-refractivity contribution in [3.8, 4) is 11.8 Å². The number of rotatable bonds is 3. The van der Waals surface area contributed by atoms with Gasteiger partial charge in [0.1, 0.15) is 11.3 Å². The Morgan fingerprint density at radius 3 is 2.93 bits per heavy atom. The Morgan fingerprint density at radius 2 is 2.33 bits per heavy atom. The van der Waals surface area contributed by atoms with Crippen molar-refractivity contribution in [2.75, 3.05) is 7.11 Å². The van der Waals surface area contributed by atoms with E-state index in [1.165, 1.54) is 13.2 Å². The van der Waals surface area contributed by atoms with E-state index >= 15 is 0 Å². The summed E-state index contributed by atoms with van der Waals surface area (Å²) in [5.41, 5.74) is 0.961. The van der Waals surface area contributed by atoms with Crippen LogP contribution in [-0.2, 0) is 11.2 Å². The van der Waals surface area contributed by atoms with Crippen LogP contribution in [0.15, 0.2) is 18.2 Å². The summed E-state index contributed by atoms with van der Waals surface area (Å²) >= 11 is 0. The summed E-state index contributed by atoms with van der Waals surface area (Å²) < 4.78 is 4.51. The molecule has 0 aromatic heterocycles. The number of hydrogen-bond acceptors (Lipinski definition) is 4. The average Bonchev–Trinajstić information content (AvgIpc) is 2.27. The molecule has 0 unspecified atom stereocenters. The third kappa shape index (κ3) is 2.71. The molecule has 0 fully saturated rings. The van der Waals surface area contributed by atoms with Crippen LogP contribution < -0.4 is 0 Å². The molecule has 0 spiro atoms. The van der Waals surface area contributed by atoms with Gasteiger partial charge in [-0.3, -0.25) is 0 Å². The second kappa shape index (κ2) is 5.01. The first kappa shape index (κ1) is 11.1. The number of nitriles is 1. The molecule has 4 nitrogen and oxygen atoms in total. The Bertz CT molecular complexity index is 407. The number of phenols is 1. The molecule has 4 heteroatoms. The largest absolute Gasteiger partial charge is 0.507 e. The molecule has 15 heavy (non-hydrogen) atoms. The number of benzene rings is 1. The van der Waals surface area contributed by atoms with Gasteiger partial charge in [0.15, 0.2) is 0 Å². The van der Waals surface area contributed by atoms with E-state index in [2.05, 4.69) is 4.74 Å². The van der Waals surface area contributed by atoms with E-state index < -0.39 is 5.97 Å². The first-order valence-electron chi connectivity index (χ1n) is 4.46. The number of phenolic OH excluding ortho intramolecular Hbond substituents is 1. The van der Waals surface area contributed by atoms with Crippen molar-refractivity contribution in [3.05, 3.63) is 29.3 Å². The number of methoxy groups -OCH3 is 1. The Morgan fingerprint density at radius 1 is 1.60 bits per heavy atom. The van der Waals surface area contributed by atoms with E-state index in [-0.39, 0.29) is 11.3 Å². The van der Waals surface area contributed by atoms with Crippen LogP contribution in [0.25, 0.3) is 0 Å². The van der Waals surface area contributed by atoms with E-state index in [1.807, 2.05) is 6.07 Å². The van der Waals surface area contributed by atoms with Crippen LogP contribution >= 0.6 is 0 Å². The molecule has 1 N–H and O–H groups in total. The van der Waals surface area contributed by atoms with E-state index in [4.69, 9.17) is 5.26 Å². The van der Waals surface area contributed by atoms with Gasteiger partial charge >= 0.3 is 5.97 Å². The predicted molar refractivity (Wildman–Crippen MR) is 53.4 cm³/mol. The smallest absolute Gasteiger partial charge is 0.341 e. The molecule has 0 radical (unpaired) electrons. The molecule has 0 aliphatic heterocycles. The maximum Gasteiger partial charge on any atom is 0.341 e. The van der Waals surface area contributed by atoms with E-state index in [1.54, 1.807) is 12.1 Å². The summed E-state index contributed by atoms with van der Waals surface area (Å²) in [6.07, 6.45) is 0.937. The van der Waals surface area contributed by atoms with E-state index in [0.717, 1.165) is 5.56 Å². The Kier molecular flexibility index (Phi) is 3.69. The minimum Gasteiger partial charge on any atom is -0.507 e. The molecule has 1 aromatic rings. The number of aromatic hydroxyl groups is 1. The van der Waals surface area contributed by atoms with Crippen molar-refractivity contribution < 1.29 is 14.6 Å². The van der Waals surface area contributed by atoms with Crippen molar-refractivity contribution in [2.45, 2.75) is 12.8 Å². The number of hydrogen-bond donors (Lipinski definition) is 1. The molecular weight excluding hydrogens is 194 g/mol. The van der Waals surface area contributed by atoms with Gasteiger partial charge in [-0.25, -0.2) is 4.79 Å². The zero-order valence-corrected chi connectivity index (χ0v) is 8.36. The number of carbonyl (C=O) groups is 1. The van der Waals surface area contributed by atoms with Crippen LogP contribution in [0.1, 0.15) is 22.3 Å². The molecule has 0 atom stereocenters.